The molecule has 1 aromatic carbocycles. The fourth-order valence-electron chi connectivity index (χ4n) is 2.78. The first kappa shape index (κ1) is 13.6. The van der Waals surface area contributed by atoms with Crippen LogP contribution in [0.3, 0.4) is 0 Å². The second kappa shape index (κ2) is 5.92. The van der Waals surface area contributed by atoms with Gasteiger partial charge in [0.25, 0.3) is 0 Å². The zero-order valence-corrected chi connectivity index (χ0v) is 12.8. The van der Waals surface area contributed by atoms with Gasteiger partial charge in [0, 0.05) is 11.3 Å². The molecule has 2 aromatic rings. The van der Waals surface area contributed by atoms with Gasteiger partial charge >= 0.3 is 0 Å². The van der Waals surface area contributed by atoms with Crippen LogP contribution in [0.15, 0.2) is 30.3 Å². The van der Waals surface area contributed by atoms with E-state index in [1.54, 1.807) is 11.3 Å². The summed E-state index contributed by atoms with van der Waals surface area (Å²) in [7, 11) is 0. The van der Waals surface area contributed by atoms with E-state index in [4.69, 9.17) is 0 Å². The van der Waals surface area contributed by atoms with Crippen LogP contribution in [0.4, 0.5) is 0 Å². The maximum atomic E-state index is 12.4. The first-order valence-corrected chi connectivity index (χ1v) is 8.24. The molecular weight excluding hydrogens is 264 g/mol. The molecule has 0 N–H and O–H groups in total. The predicted molar refractivity (Wildman–Crippen MR) is 84.8 cm³/mol. The van der Waals surface area contributed by atoms with Crippen LogP contribution in [-0.4, -0.2) is 5.78 Å². The fourth-order valence-corrected chi connectivity index (χ4v) is 3.97. The average molecular weight is 284 g/mol. The van der Waals surface area contributed by atoms with Crippen molar-refractivity contribution in [3.63, 3.8) is 0 Å². The van der Waals surface area contributed by atoms with Gasteiger partial charge in [-0.1, -0.05) is 36.2 Å². The summed E-state index contributed by atoms with van der Waals surface area (Å²) in [5, 5.41) is 0. The Morgan fingerprint density at radius 1 is 1.10 bits per heavy atom. The minimum absolute atomic E-state index is 0.270. The Morgan fingerprint density at radius 3 is 2.65 bits per heavy atom. The van der Waals surface area contributed by atoms with Gasteiger partial charge in [-0.3, -0.25) is 4.79 Å². The first-order valence-electron chi connectivity index (χ1n) is 7.43. The van der Waals surface area contributed by atoms with Crippen molar-refractivity contribution in [3.05, 3.63) is 56.8 Å². The summed E-state index contributed by atoms with van der Waals surface area (Å²) in [6, 6.07) is 10.4. The van der Waals surface area contributed by atoms with Crippen molar-refractivity contribution in [2.24, 2.45) is 0 Å². The van der Waals surface area contributed by atoms with Crippen molar-refractivity contribution in [2.75, 3.05) is 0 Å². The summed E-state index contributed by atoms with van der Waals surface area (Å²) in [6.07, 6.45) is 6.73. The average Bonchev–Trinajstić information content (AvgIpc) is 2.73. The van der Waals surface area contributed by atoms with Crippen LogP contribution in [0.1, 0.15) is 50.5 Å². The van der Waals surface area contributed by atoms with Gasteiger partial charge in [-0.2, -0.15) is 0 Å². The van der Waals surface area contributed by atoms with Crippen LogP contribution in [0.5, 0.6) is 0 Å². The number of Topliss-reactive ketones (excluding diaryl/α,β-unsaturated/α-hetero) is 1. The number of hydrogen-bond donors (Lipinski definition) is 0. The van der Waals surface area contributed by atoms with Crippen LogP contribution in [0.2, 0.25) is 0 Å². The zero-order chi connectivity index (χ0) is 13.9. The molecular formula is C18H20OS. The van der Waals surface area contributed by atoms with E-state index in [0.717, 1.165) is 23.3 Å². The molecule has 0 spiro atoms. The number of carbonyl (C=O) groups excluding carboxylic acids is 1. The highest BCUT2D eigenvalue weighted by molar-refractivity contribution is 7.14. The maximum Gasteiger partial charge on any atom is 0.177 e. The normalized spacial score (nSPS) is 14.7. The third-order valence-electron chi connectivity index (χ3n) is 4.01. The summed E-state index contributed by atoms with van der Waals surface area (Å²) >= 11 is 1.73. The van der Waals surface area contributed by atoms with Crippen molar-refractivity contribution < 1.29 is 4.79 Å². The predicted octanol–water partition coefficient (Wildman–Crippen LogP) is 4.75. The molecule has 1 nitrogen and oxygen atoms in total. The molecule has 104 valence electrons. The van der Waals surface area contributed by atoms with Crippen LogP contribution in [-0.2, 0) is 19.3 Å². The number of ketones is 1. The van der Waals surface area contributed by atoms with E-state index in [2.05, 4.69) is 37.3 Å². The Bertz CT molecular complexity index is 583. The van der Waals surface area contributed by atoms with E-state index < -0.39 is 0 Å². The monoisotopic (exact) mass is 284 g/mol. The number of aryl methyl sites for hydroxylation is 3. The highest BCUT2D eigenvalue weighted by Gasteiger charge is 2.16. The molecule has 1 aliphatic rings. The van der Waals surface area contributed by atoms with E-state index >= 15 is 0 Å². The molecule has 0 radical (unpaired) electrons. The molecule has 0 bridgehead atoms. The van der Waals surface area contributed by atoms with Crippen LogP contribution in [0, 0.1) is 6.92 Å². The Kier molecular flexibility index (Phi) is 4.02. The Morgan fingerprint density at radius 2 is 1.85 bits per heavy atom. The molecule has 20 heavy (non-hydrogen) atoms. The minimum atomic E-state index is 0.270. The standard InChI is InChI=1S/C18H20OS/c1-13-7-9-14(10-8-13)11-16(19)18-12-15-5-3-2-4-6-17(15)20-18/h7-10,12H,2-6,11H2,1H3. The quantitative estimate of drug-likeness (QED) is 0.587. The van der Waals surface area contributed by atoms with E-state index in [-0.39, 0.29) is 5.78 Å². The van der Waals surface area contributed by atoms with Crippen molar-refractivity contribution in [3.8, 4) is 0 Å². The molecule has 0 saturated heterocycles. The SMILES string of the molecule is Cc1ccc(CC(=O)c2cc3c(s2)CCCCC3)cc1. The number of thiophene rings is 1. The first-order chi connectivity index (χ1) is 9.72. The number of benzene rings is 1. The van der Waals surface area contributed by atoms with Gasteiger partial charge in [0.1, 0.15) is 0 Å². The molecule has 0 atom stereocenters. The summed E-state index contributed by atoms with van der Waals surface area (Å²) in [5.41, 5.74) is 3.79. The maximum absolute atomic E-state index is 12.4. The second-order valence-electron chi connectivity index (χ2n) is 5.71. The third kappa shape index (κ3) is 3.01. The van der Waals surface area contributed by atoms with E-state index in [9.17, 15) is 4.79 Å². The fraction of sp³-hybridized carbons (Fsp3) is 0.389. The molecule has 0 aliphatic heterocycles. The Hall–Kier alpha value is -1.41. The summed E-state index contributed by atoms with van der Waals surface area (Å²) in [5.74, 6) is 0.270. The molecule has 0 amide bonds. The van der Waals surface area contributed by atoms with Gasteiger partial charge < -0.3 is 0 Å². The summed E-state index contributed by atoms with van der Waals surface area (Å²) in [6.45, 7) is 2.07. The number of fused-ring (bicyclic) bond motifs is 1. The largest absolute Gasteiger partial charge is 0.293 e. The van der Waals surface area contributed by atoms with Crippen molar-refractivity contribution in [2.45, 2.75) is 45.4 Å². The lowest BCUT2D eigenvalue weighted by Crippen LogP contribution is -2.01. The lowest BCUT2D eigenvalue weighted by molar-refractivity contribution is 0.0997. The van der Waals surface area contributed by atoms with Gasteiger partial charge in [0.05, 0.1) is 4.88 Å². The van der Waals surface area contributed by atoms with Crippen molar-refractivity contribution in [1.29, 1.82) is 0 Å². The number of hydrogen-bond acceptors (Lipinski definition) is 2. The second-order valence-corrected chi connectivity index (χ2v) is 6.84. The number of rotatable bonds is 3. The third-order valence-corrected chi connectivity index (χ3v) is 5.28. The smallest absolute Gasteiger partial charge is 0.177 e. The molecule has 0 unspecified atom stereocenters. The van der Waals surface area contributed by atoms with Crippen molar-refractivity contribution >= 4 is 17.1 Å². The summed E-state index contributed by atoms with van der Waals surface area (Å²) in [4.78, 5) is 14.8. The van der Waals surface area contributed by atoms with Gasteiger partial charge in [-0.05, 0) is 49.8 Å². The Labute approximate surface area is 124 Å². The molecule has 0 fully saturated rings. The van der Waals surface area contributed by atoms with Crippen LogP contribution < -0.4 is 0 Å². The Balaban J connectivity index is 1.75. The van der Waals surface area contributed by atoms with Crippen LogP contribution in [0.25, 0.3) is 0 Å². The van der Waals surface area contributed by atoms with Crippen molar-refractivity contribution in [1.82, 2.24) is 0 Å². The lowest BCUT2D eigenvalue weighted by Gasteiger charge is -2.00. The molecule has 1 heterocycles. The molecule has 0 saturated carbocycles. The molecule has 1 aromatic heterocycles. The van der Waals surface area contributed by atoms with Gasteiger partial charge in [0.15, 0.2) is 5.78 Å². The molecule has 1 aliphatic carbocycles. The van der Waals surface area contributed by atoms with Gasteiger partial charge in [-0.15, -0.1) is 11.3 Å². The zero-order valence-electron chi connectivity index (χ0n) is 11.9. The van der Waals surface area contributed by atoms with E-state index in [1.807, 2.05) is 0 Å². The van der Waals surface area contributed by atoms with Gasteiger partial charge in [0.2, 0.25) is 0 Å². The van der Waals surface area contributed by atoms with E-state index in [1.165, 1.54) is 35.3 Å². The molecule has 3 rings (SSSR count). The van der Waals surface area contributed by atoms with E-state index in [0.29, 0.717) is 6.42 Å². The topological polar surface area (TPSA) is 17.1 Å². The minimum Gasteiger partial charge on any atom is -0.293 e. The summed E-state index contributed by atoms with van der Waals surface area (Å²) < 4.78 is 0. The highest BCUT2D eigenvalue weighted by Crippen LogP contribution is 2.29. The molecule has 2 heteroatoms. The van der Waals surface area contributed by atoms with Crippen LogP contribution >= 0.6 is 11.3 Å². The lowest BCUT2D eigenvalue weighted by atomic mass is 10.1. The highest BCUT2D eigenvalue weighted by atomic mass is 32.1. The van der Waals surface area contributed by atoms with Gasteiger partial charge in [-0.25, -0.2) is 0 Å². The number of carbonyl (C=O) groups is 1.